The van der Waals surface area contributed by atoms with Crippen molar-refractivity contribution in [3.8, 4) is 11.3 Å². The first-order valence-electron chi connectivity index (χ1n) is 9.20. The van der Waals surface area contributed by atoms with Crippen molar-refractivity contribution < 1.29 is 9.32 Å². The number of halogens is 1. The van der Waals surface area contributed by atoms with E-state index in [4.69, 9.17) is 16.1 Å². The molecule has 4 rings (SSSR count). The molecule has 1 amide bonds. The Morgan fingerprint density at radius 2 is 1.97 bits per heavy atom. The molecule has 3 heterocycles. The molecule has 7 nitrogen and oxygen atoms in total. The Balaban J connectivity index is 1.46. The van der Waals surface area contributed by atoms with Gasteiger partial charge in [0.05, 0.1) is 17.2 Å². The highest BCUT2D eigenvalue weighted by molar-refractivity contribution is 7.07. The number of pyridine rings is 1. The molecule has 0 aliphatic heterocycles. The molecule has 152 valence electrons. The highest BCUT2D eigenvalue weighted by Crippen LogP contribution is 2.21. The van der Waals surface area contributed by atoms with Crippen LogP contribution in [0.3, 0.4) is 0 Å². The monoisotopic (exact) mass is 439 g/mol. The summed E-state index contributed by atoms with van der Waals surface area (Å²) in [5.74, 6) is 0.0565. The summed E-state index contributed by atoms with van der Waals surface area (Å²) in [6.07, 6.45) is 3.83. The zero-order chi connectivity index (χ0) is 20.8. The molecular weight excluding hydrogens is 422 g/mol. The predicted molar refractivity (Wildman–Crippen MR) is 116 cm³/mol. The molecule has 9 heteroatoms. The van der Waals surface area contributed by atoms with Gasteiger partial charge in [0.1, 0.15) is 5.69 Å². The van der Waals surface area contributed by atoms with Crippen molar-refractivity contribution in [1.29, 1.82) is 0 Å². The van der Waals surface area contributed by atoms with Crippen LogP contribution in [0.2, 0.25) is 5.02 Å². The molecule has 1 atom stereocenters. The Morgan fingerprint density at radius 3 is 2.70 bits per heavy atom. The maximum absolute atomic E-state index is 13.0. The first kappa shape index (κ1) is 20.2. The summed E-state index contributed by atoms with van der Waals surface area (Å²) in [6.45, 7) is 0.480. The Kier molecular flexibility index (Phi) is 6.48. The van der Waals surface area contributed by atoms with Crippen LogP contribution in [0, 0.1) is 0 Å². The van der Waals surface area contributed by atoms with E-state index in [-0.39, 0.29) is 11.8 Å². The fraction of sp³-hybridized carbons (Fsp3) is 0.143. The van der Waals surface area contributed by atoms with E-state index in [9.17, 15) is 4.79 Å². The zero-order valence-electron chi connectivity index (χ0n) is 15.8. The fourth-order valence-corrected chi connectivity index (χ4v) is 3.55. The smallest absolute Gasteiger partial charge is 0.244 e. The van der Waals surface area contributed by atoms with Crippen molar-refractivity contribution in [2.45, 2.75) is 19.0 Å². The van der Waals surface area contributed by atoms with E-state index in [0.29, 0.717) is 23.7 Å². The number of hydrogen-bond acceptors (Lipinski definition) is 7. The predicted octanol–water partition coefficient (Wildman–Crippen LogP) is 4.19. The Labute approximate surface area is 182 Å². The second kappa shape index (κ2) is 9.62. The Hall–Kier alpha value is -3.07. The summed E-state index contributed by atoms with van der Waals surface area (Å²) in [7, 11) is 0. The summed E-state index contributed by atoms with van der Waals surface area (Å²) < 4.78 is 5.30. The van der Waals surface area contributed by atoms with Crippen LogP contribution in [0.4, 0.5) is 5.88 Å². The van der Waals surface area contributed by atoms with Crippen LogP contribution in [0.5, 0.6) is 0 Å². The summed E-state index contributed by atoms with van der Waals surface area (Å²) in [5, 5.41) is 12.7. The number of carbonyl (C=O) groups excluding carboxylic acids is 1. The van der Waals surface area contributed by atoms with Gasteiger partial charge in [-0.2, -0.15) is 0 Å². The van der Waals surface area contributed by atoms with Gasteiger partial charge in [-0.3, -0.25) is 20.4 Å². The molecule has 0 fully saturated rings. The number of carbonyl (C=O) groups is 1. The average Bonchev–Trinajstić information content (AvgIpc) is 3.45. The van der Waals surface area contributed by atoms with Crippen molar-refractivity contribution in [2.75, 3.05) is 5.32 Å². The number of aromatic nitrogens is 3. The molecule has 0 radical (unpaired) electrons. The van der Waals surface area contributed by atoms with Crippen LogP contribution in [0.25, 0.3) is 11.3 Å². The number of rotatable bonds is 8. The lowest BCUT2D eigenvalue weighted by Crippen LogP contribution is -2.41. The molecule has 2 N–H and O–H groups in total. The van der Waals surface area contributed by atoms with Crippen LogP contribution >= 0.6 is 22.9 Å². The first-order valence-corrected chi connectivity index (χ1v) is 10.5. The van der Waals surface area contributed by atoms with Gasteiger partial charge in [0, 0.05) is 41.0 Å². The molecule has 0 bridgehead atoms. The average molecular weight is 440 g/mol. The molecule has 0 aliphatic rings. The lowest BCUT2D eigenvalue weighted by molar-refractivity contribution is -0.118. The number of nitrogens with zero attached hydrogens (tertiary/aromatic N) is 3. The number of hydrogen-bond donors (Lipinski definition) is 2. The van der Waals surface area contributed by atoms with Gasteiger partial charge in [-0.25, -0.2) is 4.98 Å². The van der Waals surface area contributed by atoms with Crippen molar-refractivity contribution in [3.05, 3.63) is 82.0 Å². The Morgan fingerprint density at radius 1 is 1.17 bits per heavy atom. The van der Waals surface area contributed by atoms with Crippen molar-refractivity contribution >= 4 is 34.7 Å². The fourth-order valence-electron chi connectivity index (χ4n) is 2.87. The van der Waals surface area contributed by atoms with Gasteiger partial charge >= 0.3 is 0 Å². The van der Waals surface area contributed by atoms with E-state index in [2.05, 4.69) is 25.8 Å². The first-order chi connectivity index (χ1) is 14.7. The van der Waals surface area contributed by atoms with E-state index in [1.54, 1.807) is 24.0 Å². The highest BCUT2D eigenvalue weighted by Gasteiger charge is 2.21. The number of amides is 1. The molecule has 3 aromatic heterocycles. The van der Waals surface area contributed by atoms with E-state index < -0.39 is 6.04 Å². The number of benzene rings is 1. The molecule has 0 saturated heterocycles. The van der Waals surface area contributed by atoms with Crippen LogP contribution in [0.15, 0.2) is 70.3 Å². The largest absolute Gasteiger partial charge is 0.338 e. The molecule has 1 unspecified atom stereocenters. The minimum absolute atomic E-state index is 0.224. The lowest BCUT2D eigenvalue weighted by atomic mass is 10.1. The van der Waals surface area contributed by atoms with E-state index >= 15 is 0 Å². The highest BCUT2D eigenvalue weighted by atomic mass is 35.5. The van der Waals surface area contributed by atoms with Gasteiger partial charge in [-0.1, -0.05) is 28.9 Å². The van der Waals surface area contributed by atoms with E-state index in [1.807, 2.05) is 41.8 Å². The third-order valence-corrected chi connectivity index (χ3v) is 5.30. The maximum Gasteiger partial charge on any atom is 0.244 e. The lowest BCUT2D eigenvalue weighted by Gasteiger charge is -2.17. The Bertz CT molecular complexity index is 1080. The second-order valence-corrected chi connectivity index (χ2v) is 7.70. The van der Waals surface area contributed by atoms with Gasteiger partial charge < -0.3 is 4.52 Å². The third-order valence-electron chi connectivity index (χ3n) is 4.42. The van der Waals surface area contributed by atoms with Gasteiger partial charge in [-0.05, 0) is 36.2 Å². The molecule has 4 aromatic rings. The standard InChI is InChI=1S/C21H18ClN5O2S/c22-16-3-1-14(2-4-16)9-19(24-11-17-12-30-13-25-17)21(28)26-20-10-18(27-29-20)15-5-7-23-8-6-15/h1-8,10,12-13,19,24H,9,11H2,(H,26,28). The van der Waals surface area contributed by atoms with Gasteiger partial charge in [0.25, 0.3) is 0 Å². The minimum Gasteiger partial charge on any atom is -0.338 e. The second-order valence-electron chi connectivity index (χ2n) is 6.55. The van der Waals surface area contributed by atoms with Gasteiger partial charge in [0.15, 0.2) is 0 Å². The van der Waals surface area contributed by atoms with E-state index in [0.717, 1.165) is 16.8 Å². The normalized spacial score (nSPS) is 11.9. The number of nitrogens with one attached hydrogen (secondary N) is 2. The molecule has 1 aromatic carbocycles. The summed E-state index contributed by atoms with van der Waals surface area (Å²) in [6, 6.07) is 12.3. The van der Waals surface area contributed by atoms with Crippen LogP contribution in [0.1, 0.15) is 11.3 Å². The third kappa shape index (κ3) is 5.29. The van der Waals surface area contributed by atoms with Gasteiger partial charge in [-0.15, -0.1) is 11.3 Å². The quantitative estimate of drug-likeness (QED) is 0.427. The molecular formula is C21H18ClN5O2S. The summed E-state index contributed by atoms with van der Waals surface area (Å²) in [4.78, 5) is 21.2. The number of thiazole rings is 1. The molecule has 30 heavy (non-hydrogen) atoms. The molecule has 0 aliphatic carbocycles. The zero-order valence-corrected chi connectivity index (χ0v) is 17.4. The molecule has 0 spiro atoms. The van der Waals surface area contributed by atoms with Crippen LogP contribution in [-0.4, -0.2) is 27.1 Å². The minimum atomic E-state index is -0.498. The molecule has 0 saturated carbocycles. The van der Waals surface area contributed by atoms with E-state index in [1.165, 1.54) is 11.3 Å². The number of anilines is 1. The van der Waals surface area contributed by atoms with Crippen LogP contribution < -0.4 is 10.6 Å². The van der Waals surface area contributed by atoms with Gasteiger partial charge in [0.2, 0.25) is 11.8 Å². The maximum atomic E-state index is 13.0. The van der Waals surface area contributed by atoms with Crippen molar-refractivity contribution in [1.82, 2.24) is 20.4 Å². The topological polar surface area (TPSA) is 92.9 Å². The van der Waals surface area contributed by atoms with Crippen molar-refractivity contribution in [3.63, 3.8) is 0 Å². The van der Waals surface area contributed by atoms with Crippen LogP contribution in [-0.2, 0) is 17.8 Å². The summed E-state index contributed by atoms with van der Waals surface area (Å²) in [5.41, 5.74) is 5.11. The summed E-state index contributed by atoms with van der Waals surface area (Å²) >= 11 is 7.49. The SMILES string of the molecule is O=C(Nc1cc(-c2ccncc2)no1)C(Cc1ccc(Cl)cc1)NCc1cscn1. The van der Waals surface area contributed by atoms with Crippen molar-refractivity contribution in [2.24, 2.45) is 0 Å².